The zero-order valence-electron chi connectivity index (χ0n) is 16.5. The molecular weight excluding hydrogens is 330 g/mol. The van der Waals surface area contributed by atoms with E-state index in [4.69, 9.17) is 14.2 Å². The summed E-state index contributed by atoms with van der Waals surface area (Å²) in [6, 6.07) is 10.2. The molecule has 148 valence electrons. The van der Waals surface area contributed by atoms with E-state index in [0.717, 1.165) is 38.6 Å². The number of guanidine groups is 1. The van der Waals surface area contributed by atoms with Gasteiger partial charge in [-0.3, -0.25) is 4.99 Å². The Labute approximate surface area is 158 Å². The summed E-state index contributed by atoms with van der Waals surface area (Å²) in [5.74, 6) is 1.21. The van der Waals surface area contributed by atoms with Gasteiger partial charge in [-0.2, -0.15) is 0 Å². The number of hydrogen-bond donors (Lipinski definition) is 2. The van der Waals surface area contributed by atoms with Crippen LogP contribution in [0.15, 0.2) is 35.3 Å². The van der Waals surface area contributed by atoms with E-state index >= 15 is 0 Å². The van der Waals surface area contributed by atoms with Crippen molar-refractivity contribution >= 4 is 5.96 Å². The maximum absolute atomic E-state index is 5.78. The molecule has 0 fully saturated rings. The van der Waals surface area contributed by atoms with Crippen molar-refractivity contribution in [1.29, 1.82) is 0 Å². The molecule has 0 aliphatic carbocycles. The number of methoxy groups -OCH3 is 1. The van der Waals surface area contributed by atoms with Crippen LogP contribution in [0.1, 0.15) is 25.8 Å². The van der Waals surface area contributed by atoms with Crippen LogP contribution in [-0.4, -0.2) is 59.1 Å². The van der Waals surface area contributed by atoms with E-state index in [1.807, 2.05) is 18.2 Å². The molecule has 2 N–H and O–H groups in total. The topological polar surface area (TPSA) is 64.1 Å². The highest BCUT2D eigenvalue weighted by atomic mass is 16.5. The number of nitrogens with one attached hydrogen (secondary N) is 2. The molecule has 0 aromatic heterocycles. The van der Waals surface area contributed by atoms with E-state index in [1.165, 1.54) is 5.56 Å². The van der Waals surface area contributed by atoms with Crippen LogP contribution >= 0.6 is 0 Å². The molecule has 0 amide bonds. The van der Waals surface area contributed by atoms with Crippen LogP contribution in [0.2, 0.25) is 0 Å². The Morgan fingerprint density at radius 1 is 1.08 bits per heavy atom. The largest absolute Gasteiger partial charge is 0.382 e. The van der Waals surface area contributed by atoms with Gasteiger partial charge in [0.05, 0.1) is 26.4 Å². The van der Waals surface area contributed by atoms with E-state index in [0.29, 0.717) is 32.3 Å². The van der Waals surface area contributed by atoms with Crippen LogP contribution in [0.4, 0.5) is 0 Å². The van der Waals surface area contributed by atoms with Crippen molar-refractivity contribution in [2.75, 3.05) is 53.2 Å². The van der Waals surface area contributed by atoms with Crippen molar-refractivity contribution in [2.45, 2.75) is 26.9 Å². The Kier molecular flexibility index (Phi) is 13.5. The third-order valence-corrected chi connectivity index (χ3v) is 3.61. The highest BCUT2D eigenvalue weighted by molar-refractivity contribution is 5.79. The molecule has 1 rings (SSSR count). The van der Waals surface area contributed by atoms with Gasteiger partial charge in [-0.05, 0) is 24.8 Å². The summed E-state index contributed by atoms with van der Waals surface area (Å²) >= 11 is 0. The Morgan fingerprint density at radius 2 is 1.88 bits per heavy atom. The number of hydrogen-bond acceptors (Lipinski definition) is 4. The summed E-state index contributed by atoms with van der Waals surface area (Å²) < 4.78 is 16.2. The van der Waals surface area contributed by atoms with Crippen LogP contribution < -0.4 is 10.6 Å². The molecule has 0 bridgehead atoms. The van der Waals surface area contributed by atoms with Gasteiger partial charge in [-0.1, -0.05) is 37.3 Å². The van der Waals surface area contributed by atoms with Crippen molar-refractivity contribution < 1.29 is 14.2 Å². The minimum Gasteiger partial charge on any atom is -0.382 e. The number of ether oxygens (including phenoxy) is 3. The average molecular weight is 366 g/mol. The highest BCUT2D eigenvalue weighted by Crippen LogP contribution is 2.03. The lowest BCUT2D eigenvalue weighted by molar-refractivity contribution is 0.0698. The van der Waals surface area contributed by atoms with E-state index in [2.05, 4.69) is 41.6 Å². The SMILES string of the molecule is CCNC(=NCC(C)COCc1ccccc1)NCCCOCCOC. The summed E-state index contributed by atoms with van der Waals surface area (Å²) in [6.07, 6.45) is 0.934. The first-order valence-corrected chi connectivity index (χ1v) is 9.46. The standard InChI is InChI=1S/C20H35N3O3/c1-4-21-20(22-11-8-12-25-14-13-24-3)23-15-18(2)16-26-17-19-9-6-5-7-10-19/h5-7,9-10,18H,4,8,11-17H2,1-3H3,(H2,21,22,23). The first kappa shape index (κ1) is 22.4. The molecule has 0 saturated heterocycles. The number of rotatable bonds is 14. The summed E-state index contributed by atoms with van der Waals surface area (Å²) in [6.45, 7) is 9.98. The van der Waals surface area contributed by atoms with Gasteiger partial charge in [0.1, 0.15) is 0 Å². The fourth-order valence-corrected chi connectivity index (χ4v) is 2.22. The predicted molar refractivity (Wildman–Crippen MR) is 107 cm³/mol. The predicted octanol–water partition coefficient (Wildman–Crippen LogP) is 2.45. The van der Waals surface area contributed by atoms with Crippen LogP contribution in [0.25, 0.3) is 0 Å². The third-order valence-electron chi connectivity index (χ3n) is 3.61. The van der Waals surface area contributed by atoms with E-state index in [-0.39, 0.29) is 0 Å². The molecule has 1 aromatic rings. The summed E-state index contributed by atoms with van der Waals surface area (Å²) in [4.78, 5) is 4.64. The van der Waals surface area contributed by atoms with Crippen LogP contribution in [0.5, 0.6) is 0 Å². The molecule has 6 heteroatoms. The molecule has 1 atom stereocenters. The molecule has 0 aliphatic rings. The quantitative estimate of drug-likeness (QED) is 0.301. The first-order chi connectivity index (χ1) is 12.8. The molecule has 26 heavy (non-hydrogen) atoms. The first-order valence-electron chi connectivity index (χ1n) is 9.46. The number of benzene rings is 1. The van der Waals surface area contributed by atoms with Crippen molar-refractivity contribution in [3.63, 3.8) is 0 Å². The third kappa shape index (κ3) is 11.8. The Morgan fingerprint density at radius 3 is 2.62 bits per heavy atom. The smallest absolute Gasteiger partial charge is 0.191 e. The lowest BCUT2D eigenvalue weighted by Crippen LogP contribution is -2.38. The summed E-state index contributed by atoms with van der Waals surface area (Å²) in [7, 11) is 1.68. The fraction of sp³-hybridized carbons (Fsp3) is 0.650. The maximum Gasteiger partial charge on any atom is 0.191 e. The van der Waals surface area contributed by atoms with Gasteiger partial charge in [0, 0.05) is 33.4 Å². The molecule has 0 radical (unpaired) electrons. The molecular formula is C20H35N3O3. The summed E-state index contributed by atoms with van der Waals surface area (Å²) in [5.41, 5.74) is 1.20. The second-order valence-electron chi connectivity index (χ2n) is 6.21. The van der Waals surface area contributed by atoms with Crippen molar-refractivity contribution in [3.05, 3.63) is 35.9 Å². The maximum atomic E-state index is 5.78. The zero-order valence-corrected chi connectivity index (χ0v) is 16.5. The van der Waals surface area contributed by atoms with Gasteiger partial charge in [0.15, 0.2) is 5.96 Å². The van der Waals surface area contributed by atoms with Gasteiger partial charge in [0.2, 0.25) is 0 Å². The minimum absolute atomic E-state index is 0.367. The van der Waals surface area contributed by atoms with Crippen LogP contribution in [0, 0.1) is 5.92 Å². The second-order valence-corrected chi connectivity index (χ2v) is 6.21. The second kappa shape index (κ2) is 15.6. The molecule has 1 aromatic carbocycles. The molecule has 0 aliphatic heterocycles. The lowest BCUT2D eigenvalue weighted by Gasteiger charge is -2.14. The number of nitrogens with zero attached hydrogens (tertiary/aromatic N) is 1. The van der Waals surface area contributed by atoms with Crippen molar-refractivity contribution in [3.8, 4) is 0 Å². The van der Waals surface area contributed by atoms with E-state index in [1.54, 1.807) is 7.11 Å². The fourth-order valence-electron chi connectivity index (χ4n) is 2.22. The summed E-state index contributed by atoms with van der Waals surface area (Å²) in [5, 5.41) is 6.60. The molecule has 1 unspecified atom stereocenters. The van der Waals surface area contributed by atoms with Gasteiger partial charge in [0.25, 0.3) is 0 Å². The normalized spacial score (nSPS) is 12.8. The van der Waals surface area contributed by atoms with E-state index in [9.17, 15) is 0 Å². The molecule has 6 nitrogen and oxygen atoms in total. The van der Waals surface area contributed by atoms with Crippen LogP contribution in [-0.2, 0) is 20.8 Å². The monoisotopic (exact) mass is 365 g/mol. The van der Waals surface area contributed by atoms with Crippen LogP contribution in [0.3, 0.4) is 0 Å². The Balaban J connectivity index is 2.18. The highest BCUT2D eigenvalue weighted by Gasteiger charge is 2.03. The minimum atomic E-state index is 0.367. The van der Waals surface area contributed by atoms with E-state index < -0.39 is 0 Å². The van der Waals surface area contributed by atoms with Gasteiger partial charge >= 0.3 is 0 Å². The Bertz CT molecular complexity index is 469. The zero-order chi connectivity index (χ0) is 18.9. The lowest BCUT2D eigenvalue weighted by atomic mass is 10.2. The number of aliphatic imine (C=N–C) groups is 1. The average Bonchev–Trinajstić information content (AvgIpc) is 2.66. The Hall–Kier alpha value is -1.63. The van der Waals surface area contributed by atoms with Gasteiger partial charge in [-0.25, -0.2) is 0 Å². The van der Waals surface area contributed by atoms with Crippen molar-refractivity contribution in [2.24, 2.45) is 10.9 Å². The van der Waals surface area contributed by atoms with Gasteiger partial charge < -0.3 is 24.8 Å². The van der Waals surface area contributed by atoms with Crippen molar-refractivity contribution in [1.82, 2.24) is 10.6 Å². The molecule has 0 saturated carbocycles. The van der Waals surface area contributed by atoms with Gasteiger partial charge in [-0.15, -0.1) is 0 Å². The molecule has 0 spiro atoms. The molecule has 0 heterocycles.